The van der Waals surface area contributed by atoms with E-state index in [2.05, 4.69) is 31.3 Å². The lowest BCUT2D eigenvalue weighted by Crippen LogP contribution is -2.22. The van der Waals surface area contributed by atoms with E-state index in [0.717, 1.165) is 29.2 Å². The van der Waals surface area contributed by atoms with Crippen molar-refractivity contribution in [2.45, 2.75) is 39.8 Å². The second-order valence-corrected chi connectivity index (χ2v) is 5.20. The fraction of sp³-hybridized carbons (Fsp3) is 0.412. The molecule has 0 saturated carbocycles. The molecule has 2 aromatic rings. The number of rotatable bonds is 6. The van der Waals surface area contributed by atoms with E-state index in [-0.39, 0.29) is 12.1 Å². The first-order valence-corrected chi connectivity index (χ1v) is 7.15. The molecule has 3 nitrogen and oxygen atoms in total. The van der Waals surface area contributed by atoms with E-state index in [0.29, 0.717) is 0 Å². The van der Waals surface area contributed by atoms with Crippen LogP contribution in [0.3, 0.4) is 0 Å². The molecule has 1 heterocycles. The van der Waals surface area contributed by atoms with E-state index in [1.54, 1.807) is 6.26 Å². The van der Waals surface area contributed by atoms with Gasteiger partial charge in [-0.2, -0.15) is 0 Å². The van der Waals surface area contributed by atoms with Gasteiger partial charge in [-0.1, -0.05) is 19.1 Å². The summed E-state index contributed by atoms with van der Waals surface area (Å²) in [4.78, 5) is 0. The van der Waals surface area contributed by atoms with Gasteiger partial charge in [-0.15, -0.1) is 0 Å². The first-order valence-electron chi connectivity index (χ1n) is 7.15. The molecule has 0 aliphatic rings. The Morgan fingerprint density at radius 1 is 1.25 bits per heavy atom. The van der Waals surface area contributed by atoms with Gasteiger partial charge in [-0.3, -0.25) is 0 Å². The highest BCUT2D eigenvalue weighted by molar-refractivity contribution is 5.36. The molecule has 108 valence electrons. The molecular formula is C17H23NO2. The maximum absolute atomic E-state index is 5.77. The topological polar surface area (TPSA) is 34.4 Å². The Kier molecular flexibility index (Phi) is 4.85. The molecule has 3 heteroatoms. The Bertz CT molecular complexity index is 545. The summed E-state index contributed by atoms with van der Waals surface area (Å²) in [7, 11) is 0. The lowest BCUT2D eigenvalue weighted by atomic mass is 10.0. The third-order valence-electron chi connectivity index (χ3n) is 3.14. The maximum Gasteiger partial charge on any atom is 0.128 e. The summed E-state index contributed by atoms with van der Waals surface area (Å²) in [5.74, 6) is 1.86. The molecule has 1 aromatic heterocycles. The minimum atomic E-state index is 0.0608. The highest BCUT2D eigenvalue weighted by Gasteiger charge is 2.18. The molecule has 0 aliphatic carbocycles. The van der Waals surface area contributed by atoms with Gasteiger partial charge < -0.3 is 14.5 Å². The van der Waals surface area contributed by atoms with Gasteiger partial charge in [0.05, 0.1) is 18.4 Å². The highest BCUT2D eigenvalue weighted by atomic mass is 16.5. The Morgan fingerprint density at radius 3 is 2.65 bits per heavy atom. The first-order chi connectivity index (χ1) is 9.61. The van der Waals surface area contributed by atoms with Crippen LogP contribution >= 0.6 is 0 Å². The highest BCUT2D eigenvalue weighted by Crippen LogP contribution is 2.28. The standard InChI is InChI=1S/C17H23NO2/c1-5-18-16(17-13(4)9-10-19-17)14-7-6-8-15(11-14)20-12(2)3/h6-12,16,18H,5H2,1-4H3. The molecule has 0 aliphatic heterocycles. The summed E-state index contributed by atoms with van der Waals surface area (Å²) in [6, 6.07) is 10.2. The third-order valence-corrected chi connectivity index (χ3v) is 3.14. The van der Waals surface area contributed by atoms with Crippen LogP contribution in [0.15, 0.2) is 41.0 Å². The molecule has 1 N–H and O–H groups in total. The van der Waals surface area contributed by atoms with Crippen molar-refractivity contribution < 1.29 is 9.15 Å². The number of benzene rings is 1. The Morgan fingerprint density at radius 2 is 2.05 bits per heavy atom. The molecule has 0 saturated heterocycles. The van der Waals surface area contributed by atoms with E-state index in [9.17, 15) is 0 Å². The quantitative estimate of drug-likeness (QED) is 0.861. The second-order valence-electron chi connectivity index (χ2n) is 5.20. The van der Waals surface area contributed by atoms with Gasteiger partial charge in [0.25, 0.3) is 0 Å². The van der Waals surface area contributed by atoms with Crippen molar-refractivity contribution >= 4 is 0 Å². The Balaban J connectivity index is 2.32. The van der Waals surface area contributed by atoms with Gasteiger partial charge in [-0.05, 0) is 56.6 Å². The van der Waals surface area contributed by atoms with Crippen LogP contribution in [0.1, 0.15) is 43.7 Å². The zero-order valence-corrected chi connectivity index (χ0v) is 12.6. The smallest absolute Gasteiger partial charge is 0.128 e. The number of furan rings is 1. The normalized spacial score (nSPS) is 12.7. The summed E-state index contributed by atoms with van der Waals surface area (Å²) in [6.07, 6.45) is 1.91. The van der Waals surface area contributed by atoms with Crippen molar-refractivity contribution in [3.05, 3.63) is 53.5 Å². The molecule has 1 unspecified atom stereocenters. The second kappa shape index (κ2) is 6.62. The van der Waals surface area contributed by atoms with Gasteiger partial charge in [0.1, 0.15) is 11.5 Å². The van der Waals surface area contributed by atoms with Crippen LogP contribution in [-0.4, -0.2) is 12.6 Å². The minimum absolute atomic E-state index is 0.0608. The van der Waals surface area contributed by atoms with Crippen molar-refractivity contribution in [2.75, 3.05) is 6.54 Å². The van der Waals surface area contributed by atoms with Crippen LogP contribution in [0, 0.1) is 6.92 Å². The molecule has 1 atom stereocenters. The summed E-state index contributed by atoms with van der Waals surface area (Å²) in [5.41, 5.74) is 2.31. The molecule has 2 rings (SSSR count). The van der Waals surface area contributed by atoms with Crippen molar-refractivity contribution in [2.24, 2.45) is 0 Å². The van der Waals surface area contributed by atoms with Crippen LogP contribution in [0.25, 0.3) is 0 Å². The monoisotopic (exact) mass is 273 g/mol. The number of ether oxygens (including phenoxy) is 1. The molecular weight excluding hydrogens is 250 g/mol. The maximum atomic E-state index is 5.77. The zero-order valence-electron chi connectivity index (χ0n) is 12.6. The van der Waals surface area contributed by atoms with Crippen LogP contribution in [0.5, 0.6) is 5.75 Å². The van der Waals surface area contributed by atoms with Crippen LogP contribution in [0.4, 0.5) is 0 Å². The summed E-state index contributed by atoms with van der Waals surface area (Å²) >= 11 is 0. The molecule has 0 radical (unpaired) electrons. The van der Waals surface area contributed by atoms with Crippen molar-refractivity contribution in [3.63, 3.8) is 0 Å². The van der Waals surface area contributed by atoms with Gasteiger partial charge in [0.2, 0.25) is 0 Å². The average Bonchev–Trinajstić information content (AvgIpc) is 2.81. The summed E-state index contributed by atoms with van der Waals surface area (Å²) < 4.78 is 11.4. The molecule has 0 bridgehead atoms. The van der Waals surface area contributed by atoms with E-state index >= 15 is 0 Å². The predicted octanol–water partition coefficient (Wildman–Crippen LogP) is 4.07. The first kappa shape index (κ1) is 14.7. The molecule has 1 aromatic carbocycles. The third kappa shape index (κ3) is 3.42. The van der Waals surface area contributed by atoms with Gasteiger partial charge in [0, 0.05) is 0 Å². The van der Waals surface area contributed by atoms with Crippen molar-refractivity contribution in [1.29, 1.82) is 0 Å². The van der Waals surface area contributed by atoms with Crippen LogP contribution in [-0.2, 0) is 0 Å². The minimum Gasteiger partial charge on any atom is -0.491 e. The fourth-order valence-corrected chi connectivity index (χ4v) is 2.29. The van der Waals surface area contributed by atoms with Crippen molar-refractivity contribution in [3.8, 4) is 5.75 Å². The fourth-order valence-electron chi connectivity index (χ4n) is 2.29. The molecule has 0 spiro atoms. The summed E-state index contributed by atoms with van der Waals surface area (Å²) in [5, 5.41) is 3.47. The number of nitrogens with one attached hydrogen (secondary N) is 1. The summed E-state index contributed by atoms with van der Waals surface area (Å²) in [6.45, 7) is 9.10. The lowest BCUT2D eigenvalue weighted by molar-refractivity contribution is 0.242. The largest absolute Gasteiger partial charge is 0.491 e. The van der Waals surface area contributed by atoms with E-state index in [1.165, 1.54) is 0 Å². The van der Waals surface area contributed by atoms with E-state index < -0.39 is 0 Å². The van der Waals surface area contributed by atoms with Gasteiger partial charge in [0.15, 0.2) is 0 Å². The van der Waals surface area contributed by atoms with Gasteiger partial charge >= 0.3 is 0 Å². The molecule has 20 heavy (non-hydrogen) atoms. The van der Waals surface area contributed by atoms with E-state index in [4.69, 9.17) is 9.15 Å². The predicted molar refractivity (Wildman–Crippen MR) is 81.2 cm³/mol. The Labute approximate surface area is 121 Å². The van der Waals surface area contributed by atoms with Crippen LogP contribution < -0.4 is 10.1 Å². The zero-order chi connectivity index (χ0) is 14.5. The molecule has 0 amide bonds. The van der Waals surface area contributed by atoms with E-state index in [1.807, 2.05) is 32.0 Å². The van der Waals surface area contributed by atoms with Crippen LogP contribution in [0.2, 0.25) is 0 Å². The average molecular weight is 273 g/mol. The number of hydrogen-bond donors (Lipinski definition) is 1. The SMILES string of the molecule is CCNC(c1cccc(OC(C)C)c1)c1occc1C. The lowest BCUT2D eigenvalue weighted by Gasteiger charge is -2.18. The van der Waals surface area contributed by atoms with Gasteiger partial charge in [-0.25, -0.2) is 0 Å². The Hall–Kier alpha value is -1.74. The molecule has 0 fully saturated rings. The number of hydrogen-bond acceptors (Lipinski definition) is 3. The van der Waals surface area contributed by atoms with Crippen molar-refractivity contribution in [1.82, 2.24) is 5.32 Å². The number of aryl methyl sites for hydroxylation is 1.